The van der Waals surface area contributed by atoms with Crippen LogP contribution in [0, 0.1) is 6.92 Å². The van der Waals surface area contributed by atoms with Gasteiger partial charge in [0.1, 0.15) is 12.4 Å². The lowest BCUT2D eigenvalue weighted by Gasteiger charge is -2.09. The van der Waals surface area contributed by atoms with Gasteiger partial charge in [-0.25, -0.2) is 0 Å². The van der Waals surface area contributed by atoms with Gasteiger partial charge in [-0.3, -0.25) is 9.59 Å². The number of carbonyl (C=O) groups is 1. The number of H-pyrrole nitrogens is 1. The van der Waals surface area contributed by atoms with E-state index < -0.39 is 5.91 Å². The van der Waals surface area contributed by atoms with Gasteiger partial charge in [-0.05, 0) is 49.7 Å². The summed E-state index contributed by atoms with van der Waals surface area (Å²) in [6, 6.07) is 14.2. The highest BCUT2D eigenvalue weighted by Gasteiger charge is 2.13. The van der Waals surface area contributed by atoms with E-state index in [1.165, 1.54) is 23.9 Å². The number of primary amides is 1. The molecule has 0 radical (unpaired) electrons. The van der Waals surface area contributed by atoms with Crippen molar-refractivity contribution in [3.05, 3.63) is 81.4 Å². The van der Waals surface area contributed by atoms with Gasteiger partial charge in [0.05, 0.1) is 0 Å². The molecule has 2 heterocycles. The largest absolute Gasteiger partial charge is 0.486 e. The number of benzene rings is 2. The average Bonchev–Trinajstić information content (AvgIpc) is 3.18. The van der Waals surface area contributed by atoms with Crippen molar-refractivity contribution in [1.29, 1.82) is 0 Å². The second kappa shape index (κ2) is 9.27. The fourth-order valence-corrected chi connectivity index (χ4v) is 4.31. The topological polar surface area (TPSA) is 116 Å². The molecule has 0 aliphatic rings. The quantitative estimate of drug-likeness (QED) is 0.398. The average molecular weight is 450 g/mol. The molecule has 0 unspecified atom stereocenters. The number of hydrogen-bond donors (Lipinski definition) is 2. The van der Waals surface area contributed by atoms with Crippen LogP contribution in [0.1, 0.15) is 34.4 Å². The number of amides is 1. The number of rotatable bonds is 8. The first kappa shape index (κ1) is 21.6. The highest BCUT2D eigenvalue weighted by molar-refractivity contribution is 7.98. The van der Waals surface area contributed by atoms with Crippen molar-refractivity contribution in [2.45, 2.75) is 37.9 Å². The normalized spacial score (nSPS) is 11.1. The molecule has 4 aromatic rings. The Balaban J connectivity index is 1.49. The summed E-state index contributed by atoms with van der Waals surface area (Å²) in [4.78, 5) is 27.1. The Bertz CT molecular complexity index is 1350. The molecule has 2 aromatic heterocycles. The van der Waals surface area contributed by atoms with Crippen molar-refractivity contribution in [2.24, 2.45) is 5.73 Å². The van der Waals surface area contributed by atoms with Gasteiger partial charge in [0.2, 0.25) is 5.91 Å². The van der Waals surface area contributed by atoms with Crippen LogP contribution in [0.25, 0.3) is 10.9 Å². The van der Waals surface area contributed by atoms with Crippen LogP contribution in [-0.4, -0.2) is 25.7 Å². The van der Waals surface area contributed by atoms with Crippen molar-refractivity contribution in [2.75, 3.05) is 0 Å². The zero-order valence-corrected chi connectivity index (χ0v) is 18.6. The van der Waals surface area contributed by atoms with Gasteiger partial charge in [0.25, 0.3) is 0 Å². The van der Waals surface area contributed by atoms with Crippen LogP contribution < -0.4 is 15.9 Å². The molecule has 0 atom stereocenters. The molecule has 9 heteroatoms. The first-order chi connectivity index (χ1) is 15.4. The van der Waals surface area contributed by atoms with Crippen LogP contribution in [0.5, 0.6) is 5.75 Å². The summed E-state index contributed by atoms with van der Waals surface area (Å²) in [5.74, 6) is 1.48. The van der Waals surface area contributed by atoms with E-state index in [4.69, 9.17) is 10.5 Å². The lowest BCUT2D eigenvalue weighted by atomic mass is 10.1. The molecule has 32 heavy (non-hydrogen) atoms. The van der Waals surface area contributed by atoms with Gasteiger partial charge >= 0.3 is 0 Å². The van der Waals surface area contributed by atoms with E-state index >= 15 is 0 Å². The fraction of sp³-hybridized carbons (Fsp3) is 0.217. The second-order valence-electron chi connectivity index (χ2n) is 7.32. The predicted molar refractivity (Wildman–Crippen MR) is 124 cm³/mol. The summed E-state index contributed by atoms with van der Waals surface area (Å²) >= 11 is 1.48. The van der Waals surface area contributed by atoms with E-state index in [1.54, 1.807) is 12.1 Å². The molecule has 0 aliphatic carbocycles. The Labute approximate surface area is 188 Å². The lowest BCUT2D eigenvalue weighted by molar-refractivity contribution is 0.100. The SMILES string of the molecule is CCn1c(COc2cccc(C)c2)nnc1SCc1cc(=O)c2cc(C(N)=O)ccc2[nH]1. The Kier molecular flexibility index (Phi) is 6.27. The molecule has 1 amide bonds. The first-order valence-corrected chi connectivity index (χ1v) is 11.1. The van der Waals surface area contributed by atoms with Crippen LogP contribution in [0.15, 0.2) is 58.5 Å². The Morgan fingerprint density at radius 1 is 1.19 bits per heavy atom. The maximum absolute atomic E-state index is 12.5. The fourth-order valence-electron chi connectivity index (χ4n) is 3.38. The molecule has 0 aliphatic heterocycles. The maximum atomic E-state index is 12.5. The zero-order chi connectivity index (χ0) is 22.7. The number of nitrogens with two attached hydrogens (primary N) is 1. The molecular weight excluding hydrogens is 426 g/mol. The summed E-state index contributed by atoms with van der Waals surface area (Å²) < 4.78 is 7.87. The number of carbonyl (C=O) groups excluding carboxylic acids is 1. The van der Waals surface area contributed by atoms with Gasteiger partial charge in [-0.2, -0.15) is 0 Å². The van der Waals surface area contributed by atoms with Crippen molar-refractivity contribution in [1.82, 2.24) is 19.7 Å². The van der Waals surface area contributed by atoms with E-state index in [1.807, 2.05) is 42.7 Å². The molecule has 2 aromatic carbocycles. The minimum atomic E-state index is -0.563. The third kappa shape index (κ3) is 4.67. The standard InChI is InChI=1S/C23H23N5O3S/c1-3-28-21(12-31-17-6-4-5-14(2)9-17)26-27-23(28)32-13-16-11-20(29)18-10-15(22(24)30)7-8-19(18)25-16/h4-11H,3,12-13H2,1-2H3,(H2,24,30)(H,25,29). The number of nitrogens with one attached hydrogen (secondary N) is 1. The molecule has 3 N–H and O–H groups in total. The Morgan fingerprint density at radius 2 is 2.03 bits per heavy atom. The van der Waals surface area contributed by atoms with Crippen molar-refractivity contribution >= 4 is 28.6 Å². The maximum Gasteiger partial charge on any atom is 0.248 e. The third-order valence-electron chi connectivity index (χ3n) is 4.99. The molecule has 0 spiro atoms. The number of ether oxygens (including phenoxy) is 1. The van der Waals surface area contributed by atoms with E-state index in [9.17, 15) is 9.59 Å². The van der Waals surface area contributed by atoms with Gasteiger partial charge in [-0.1, -0.05) is 23.9 Å². The summed E-state index contributed by atoms with van der Waals surface area (Å²) in [5.41, 5.74) is 7.99. The van der Waals surface area contributed by atoms with Gasteiger partial charge in [0, 0.05) is 40.5 Å². The van der Waals surface area contributed by atoms with Crippen LogP contribution in [0.4, 0.5) is 0 Å². The summed E-state index contributed by atoms with van der Waals surface area (Å²) in [6.07, 6.45) is 0. The van der Waals surface area contributed by atoms with Crippen LogP contribution >= 0.6 is 11.8 Å². The molecule has 0 saturated heterocycles. The van der Waals surface area contributed by atoms with Crippen LogP contribution in [0.2, 0.25) is 0 Å². The van der Waals surface area contributed by atoms with Gasteiger partial charge in [0.15, 0.2) is 16.4 Å². The number of aromatic nitrogens is 4. The highest BCUT2D eigenvalue weighted by atomic mass is 32.2. The Morgan fingerprint density at radius 3 is 2.78 bits per heavy atom. The lowest BCUT2D eigenvalue weighted by Crippen LogP contribution is -2.12. The number of pyridine rings is 1. The van der Waals surface area contributed by atoms with Crippen LogP contribution in [-0.2, 0) is 18.9 Å². The summed E-state index contributed by atoms with van der Waals surface area (Å²) in [7, 11) is 0. The first-order valence-electron chi connectivity index (χ1n) is 10.1. The second-order valence-corrected chi connectivity index (χ2v) is 8.26. The minimum Gasteiger partial charge on any atom is -0.486 e. The van der Waals surface area contributed by atoms with E-state index in [0.29, 0.717) is 35.4 Å². The van der Waals surface area contributed by atoms with E-state index in [2.05, 4.69) is 15.2 Å². The molecule has 0 saturated carbocycles. The number of hydrogen-bond acceptors (Lipinski definition) is 6. The predicted octanol–water partition coefficient (Wildman–Crippen LogP) is 3.42. The molecular formula is C23H23N5O3S. The Hall–Kier alpha value is -3.59. The highest BCUT2D eigenvalue weighted by Crippen LogP contribution is 2.23. The number of thioether (sulfide) groups is 1. The van der Waals surface area contributed by atoms with Gasteiger partial charge in [-0.15, -0.1) is 10.2 Å². The van der Waals surface area contributed by atoms with Crippen molar-refractivity contribution in [3.63, 3.8) is 0 Å². The summed E-state index contributed by atoms with van der Waals surface area (Å²) in [5, 5.41) is 9.77. The van der Waals surface area contributed by atoms with E-state index in [-0.39, 0.29) is 5.43 Å². The number of nitrogens with zero attached hydrogens (tertiary/aromatic N) is 3. The minimum absolute atomic E-state index is 0.165. The smallest absolute Gasteiger partial charge is 0.248 e. The number of aryl methyl sites for hydroxylation is 1. The van der Waals surface area contributed by atoms with Crippen molar-refractivity contribution < 1.29 is 9.53 Å². The summed E-state index contributed by atoms with van der Waals surface area (Å²) in [6.45, 7) is 5.06. The van der Waals surface area contributed by atoms with E-state index in [0.717, 1.165) is 28.0 Å². The third-order valence-corrected chi connectivity index (χ3v) is 6.01. The molecule has 0 bridgehead atoms. The van der Waals surface area contributed by atoms with Crippen LogP contribution in [0.3, 0.4) is 0 Å². The molecule has 164 valence electrons. The molecule has 8 nitrogen and oxygen atoms in total. The molecule has 4 rings (SSSR count). The number of fused-ring (bicyclic) bond motifs is 1. The monoisotopic (exact) mass is 449 g/mol. The van der Waals surface area contributed by atoms with Gasteiger partial charge < -0.3 is 20.0 Å². The number of aromatic amines is 1. The van der Waals surface area contributed by atoms with Crippen molar-refractivity contribution in [3.8, 4) is 5.75 Å². The molecule has 0 fully saturated rings. The zero-order valence-electron chi connectivity index (χ0n) is 17.8.